The molecule has 1 aromatic heterocycles. The molecule has 3 aromatic rings. The zero-order valence-electron chi connectivity index (χ0n) is 11.5. The van der Waals surface area contributed by atoms with E-state index in [1.54, 1.807) is 13.0 Å². The number of anilines is 1. The highest BCUT2D eigenvalue weighted by atomic mass is 16.3. The van der Waals surface area contributed by atoms with Gasteiger partial charge in [-0.2, -0.15) is 0 Å². The van der Waals surface area contributed by atoms with Crippen LogP contribution in [0.4, 0.5) is 5.69 Å². The van der Waals surface area contributed by atoms with Crippen LogP contribution in [0.3, 0.4) is 0 Å². The zero-order chi connectivity index (χ0) is 14.8. The molecule has 0 saturated heterocycles. The van der Waals surface area contributed by atoms with Gasteiger partial charge in [-0.25, -0.2) is 4.98 Å². The first-order valence-electron chi connectivity index (χ1n) is 6.66. The lowest BCUT2D eigenvalue weighted by molar-refractivity contribution is -0.117. The van der Waals surface area contributed by atoms with Crippen molar-refractivity contribution in [1.29, 1.82) is 0 Å². The molecule has 0 unspecified atom stereocenters. The molecule has 21 heavy (non-hydrogen) atoms. The van der Waals surface area contributed by atoms with E-state index < -0.39 is 6.04 Å². The molecule has 0 aliphatic carbocycles. The Kier molecular flexibility index (Phi) is 3.41. The second-order valence-electron chi connectivity index (χ2n) is 4.81. The summed E-state index contributed by atoms with van der Waals surface area (Å²) in [5.41, 5.74) is 8.43. The van der Waals surface area contributed by atoms with Gasteiger partial charge in [-0.3, -0.25) is 4.79 Å². The number of carbonyl (C=O) groups is 1. The van der Waals surface area contributed by atoms with Crippen LogP contribution in [-0.2, 0) is 4.79 Å². The maximum Gasteiger partial charge on any atom is 0.241 e. The summed E-state index contributed by atoms with van der Waals surface area (Å²) >= 11 is 0. The Hall–Kier alpha value is -2.66. The Morgan fingerprint density at radius 2 is 1.90 bits per heavy atom. The SMILES string of the molecule is C[C@H](N)C(=O)Nc1ccccc1-c1nc2ccccc2o1. The number of hydrogen-bond donors (Lipinski definition) is 2. The van der Waals surface area contributed by atoms with Crippen molar-refractivity contribution in [2.75, 3.05) is 5.32 Å². The largest absolute Gasteiger partial charge is 0.436 e. The quantitative estimate of drug-likeness (QED) is 0.773. The van der Waals surface area contributed by atoms with E-state index in [1.807, 2.05) is 42.5 Å². The summed E-state index contributed by atoms with van der Waals surface area (Å²) in [4.78, 5) is 16.2. The molecule has 5 nitrogen and oxygen atoms in total. The van der Waals surface area contributed by atoms with Crippen molar-refractivity contribution < 1.29 is 9.21 Å². The molecule has 5 heteroatoms. The third-order valence-electron chi connectivity index (χ3n) is 3.12. The fourth-order valence-corrected chi connectivity index (χ4v) is 2.01. The van der Waals surface area contributed by atoms with E-state index in [0.29, 0.717) is 17.2 Å². The standard InChI is InChI=1S/C16H15N3O2/c1-10(17)15(20)18-12-7-3-2-6-11(12)16-19-13-8-4-5-9-14(13)21-16/h2-10H,17H2,1H3,(H,18,20)/t10-/m0/s1. The molecule has 0 spiro atoms. The smallest absolute Gasteiger partial charge is 0.241 e. The first-order valence-corrected chi connectivity index (χ1v) is 6.66. The number of benzene rings is 2. The van der Waals surface area contributed by atoms with Gasteiger partial charge in [0.15, 0.2) is 5.58 Å². The average molecular weight is 281 g/mol. The topological polar surface area (TPSA) is 81.2 Å². The van der Waals surface area contributed by atoms with Crippen LogP contribution in [0.1, 0.15) is 6.92 Å². The average Bonchev–Trinajstić information content (AvgIpc) is 2.91. The summed E-state index contributed by atoms with van der Waals surface area (Å²) in [6.07, 6.45) is 0. The minimum absolute atomic E-state index is 0.251. The van der Waals surface area contributed by atoms with Gasteiger partial charge in [-0.05, 0) is 31.2 Å². The van der Waals surface area contributed by atoms with Crippen molar-refractivity contribution in [1.82, 2.24) is 4.98 Å². The third kappa shape index (κ3) is 2.64. The Labute approximate surface area is 121 Å². The Morgan fingerprint density at radius 1 is 1.19 bits per heavy atom. The summed E-state index contributed by atoms with van der Waals surface area (Å²) in [6, 6.07) is 14.3. The van der Waals surface area contributed by atoms with E-state index in [0.717, 1.165) is 11.1 Å². The van der Waals surface area contributed by atoms with E-state index in [9.17, 15) is 4.79 Å². The highest BCUT2D eigenvalue weighted by Gasteiger charge is 2.15. The normalized spacial score (nSPS) is 12.3. The van der Waals surface area contributed by atoms with Gasteiger partial charge in [0, 0.05) is 0 Å². The van der Waals surface area contributed by atoms with Crippen molar-refractivity contribution in [2.45, 2.75) is 13.0 Å². The molecule has 0 radical (unpaired) electrons. The summed E-state index contributed by atoms with van der Waals surface area (Å²) < 4.78 is 5.74. The molecule has 1 heterocycles. The van der Waals surface area contributed by atoms with Crippen molar-refractivity contribution >= 4 is 22.7 Å². The van der Waals surface area contributed by atoms with Crippen LogP contribution >= 0.6 is 0 Å². The second-order valence-corrected chi connectivity index (χ2v) is 4.81. The molecule has 2 aromatic carbocycles. The highest BCUT2D eigenvalue weighted by Crippen LogP contribution is 2.29. The summed E-state index contributed by atoms with van der Waals surface area (Å²) in [5, 5.41) is 2.79. The lowest BCUT2D eigenvalue weighted by atomic mass is 10.1. The van der Waals surface area contributed by atoms with Gasteiger partial charge in [0.2, 0.25) is 11.8 Å². The summed E-state index contributed by atoms with van der Waals surface area (Å²) in [6.45, 7) is 1.64. The van der Waals surface area contributed by atoms with Crippen LogP contribution in [0.25, 0.3) is 22.6 Å². The number of carbonyl (C=O) groups excluding carboxylic acids is 1. The molecule has 0 aliphatic rings. The van der Waals surface area contributed by atoms with Gasteiger partial charge in [0.25, 0.3) is 0 Å². The molecule has 106 valence electrons. The minimum atomic E-state index is -0.582. The molecule has 0 saturated carbocycles. The number of aromatic nitrogens is 1. The maximum atomic E-state index is 11.8. The number of para-hydroxylation sites is 3. The molecule has 3 rings (SSSR count). The first-order chi connectivity index (χ1) is 10.1. The van der Waals surface area contributed by atoms with E-state index >= 15 is 0 Å². The Balaban J connectivity index is 2.03. The number of fused-ring (bicyclic) bond motifs is 1. The number of oxazole rings is 1. The number of nitrogens with one attached hydrogen (secondary N) is 1. The Morgan fingerprint density at radius 3 is 2.67 bits per heavy atom. The van der Waals surface area contributed by atoms with Crippen LogP contribution in [0.2, 0.25) is 0 Å². The van der Waals surface area contributed by atoms with Crippen molar-refractivity contribution in [3.63, 3.8) is 0 Å². The van der Waals surface area contributed by atoms with Crippen LogP contribution in [0, 0.1) is 0 Å². The van der Waals surface area contributed by atoms with Crippen LogP contribution in [0.15, 0.2) is 52.9 Å². The molecule has 3 N–H and O–H groups in total. The lowest BCUT2D eigenvalue weighted by Gasteiger charge is -2.10. The molecule has 1 atom stereocenters. The lowest BCUT2D eigenvalue weighted by Crippen LogP contribution is -2.32. The van der Waals surface area contributed by atoms with Crippen molar-refractivity contribution in [3.8, 4) is 11.5 Å². The van der Waals surface area contributed by atoms with Crippen molar-refractivity contribution in [2.24, 2.45) is 5.73 Å². The predicted octanol–water partition coefficient (Wildman–Crippen LogP) is 2.78. The monoisotopic (exact) mass is 281 g/mol. The number of hydrogen-bond acceptors (Lipinski definition) is 4. The molecule has 0 aliphatic heterocycles. The maximum absolute atomic E-state index is 11.8. The molecular weight excluding hydrogens is 266 g/mol. The zero-order valence-corrected chi connectivity index (χ0v) is 11.5. The number of nitrogens with two attached hydrogens (primary N) is 1. The van der Waals surface area contributed by atoms with Gasteiger partial charge in [0.1, 0.15) is 5.52 Å². The van der Waals surface area contributed by atoms with Crippen molar-refractivity contribution in [3.05, 3.63) is 48.5 Å². The van der Waals surface area contributed by atoms with E-state index in [4.69, 9.17) is 10.2 Å². The molecule has 0 bridgehead atoms. The summed E-state index contributed by atoms with van der Waals surface area (Å²) in [5.74, 6) is 0.218. The van der Waals surface area contributed by atoms with Gasteiger partial charge in [-0.1, -0.05) is 24.3 Å². The third-order valence-corrected chi connectivity index (χ3v) is 3.12. The van der Waals surface area contributed by atoms with Crippen LogP contribution < -0.4 is 11.1 Å². The van der Waals surface area contributed by atoms with E-state index in [-0.39, 0.29) is 5.91 Å². The van der Waals surface area contributed by atoms with Crippen LogP contribution in [-0.4, -0.2) is 16.9 Å². The highest BCUT2D eigenvalue weighted by molar-refractivity contribution is 5.97. The Bertz CT molecular complexity index is 760. The molecule has 1 amide bonds. The fraction of sp³-hybridized carbons (Fsp3) is 0.125. The van der Waals surface area contributed by atoms with E-state index in [2.05, 4.69) is 10.3 Å². The van der Waals surface area contributed by atoms with Gasteiger partial charge >= 0.3 is 0 Å². The van der Waals surface area contributed by atoms with Crippen LogP contribution in [0.5, 0.6) is 0 Å². The summed E-state index contributed by atoms with van der Waals surface area (Å²) in [7, 11) is 0. The van der Waals surface area contributed by atoms with E-state index in [1.165, 1.54) is 0 Å². The number of rotatable bonds is 3. The molecule has 0 fully saturated rings. The van der Waals surface area contributed by atoms with Gasteiger partial charge in [-0.15, -0.1) is 0 Å². The molecular formula is C16H15N3O2. The van der Waals surface area contributed by atoms with Gasteiger partial charge < -0.3 is 15.5 Å². The number of nitrogens with zero attached hydrogens (tertiary/aromatic N) is 1. The fourth-order valence-electron chi connectivity index (χ4n) is 2.01. The number of amides is 1. The second kappa shape index (κ2) is 5.38. The first kappa shape index (κ1) is 13.3. The minimum Gasteiger partial charge on any atom is -0.436 e. The predicted molar refractivity (Wildman–Crippen MR) is 81.7 cm³/mol. The van der Waals surface area contributed by atoms with Gasteiger partial charge in [0.05, 0.1) is 17.3 Å².